The molecule has 0 bridgehead atoms. The molecule has 0 aliphatic carbocycles. The van der Waals surface area contributed by atoms with Crippen LogP contribution in [0.4, 0.5) is 5.82 Å². The zero-order valence-electron chi connectivity index (χ0n) is 12.4. The van der Waals surface area contributed by atoms with Gasteiger partial charge in [-0.05, 0) is 13.0 Å². The molecule has 2 aromatic rings. The normalized spacial score (nSPS) is 11.7. The van der Waals surface area contributed by atoms with Gasteiger partial charge in [-0.2, -0.15) is 5.10 Å². The maximum atomic E-state index is 5.49. The van der Waals surface area contributed by atoms with Gasteiger partial charge in [0.05, 0.1) is 5.69 Å². The molecular formula is C13H20N6S. The van der Waals surface area contributed by atoms with Gasteiger partial charge in [-0.15, -0.1) is 0 Å². The van der Waals surface area contributed by atoms with Crippen molar-refractivity contribution >= 4 is 17.6 Å². The minimum atomic E-state index is -0.134. The smallest absolute Gasteiger partial charge is 0.144 e. The average Bonchev–Trinajstić information content (AvgIpc) is 2.66. The summed E-state index contributed by atoms with van der Waals surface area (Å²) in [6.45, 7) is 8.19. The molecule has 0 amide bonds. The Hall–Kier alpha value is -1.60. The van der Waals surface area contributed by atoms with E-state index in [1.165, 1.54) is 0 Å². The molecule has 2 aromatic heterocycles. The molecule has 6 nitrogen and oxygen atoms in total. The molecule has 0 aliphatic heterocycles. The number of hydrogen-bond acceptors (Lipinski definition) is 6. The molecule has 108 valence electrons. The van der Waals surface area contributed by atoms with E-state index >= 15 is 0 Å². The van der Waals surface area contributed by atoms with Gasteiger partial charge in [0.15, 0.2) is 0 Å². The molecule has 0 atom stereocenters. The predicted octanol–water partition coefficient (Wildman–Crippen LogP) is 2.25. The van der Waals surface area contributed by atoms with E-state index in [0.717, 1.165) is 21.6 Å². The third-order valence-corrected chi connectivity index (χ3v) is 3.70. The third kappa shape index (κ3) is 3.29. The third-order valence-electron chi connectivity index (χ3n) is 2.69. The van der Waals surface area contributed by atoms with Gasteiger partial charge < -0.3 is 5.43 Å². The van der Waals surface area contributed by atoms with E-state index in [1.54, 1.807) is 11.8 Å². The molecule has 20 heavy (non-hydrogen) atoms. The van der Waals surface area contributed by atoms with Crippen LogP contribution in [0, 0.1) is 6.92 Å². The van der Waals surface area contributed by atoms with E-state index in [4.69, 9.17) is 5.84 Å². The highest BCUT2D eigenvalue weighted by molar-refractivity contribution is 7.99. The molecule has 0 fully saturated rings. The molecule has 0 saturated carbocycles. The van der Waals surface area contributed by atoms with E-state index in [0.29, 0.717) is 5.82 Å². The Morgan fingerprint density at radius 1 is 1.25 bits per heavy atom. The summed E-state index contributed by atoms with van der Waals surface area (Å²) >= 11 is 1.55. The van der Waals surface area contributed by atoms with Gasteiger partial charge in [-0.1, -0.05) is 32.5 Å². The Bertz CT molecular complexity index is 614. The van der Waals surface area contributed by atoms with Crippen molar-refractivity contribution in [2.75, 3.05) is 5.43 Å². The Morgan fingerprint density at radius 3 is 2.45 bits per heavy atom. The number of nitrogens with two attached hydrogens (primary N) is 1. The number of anilines is 1. The van der Waals surface area contributed by atoms with Crippen LogP contribution in [0.1, 0.15) is 32.3 Å². The first-order valence-corrected chi connectivity index (χ1v) is 7.16. The standard InChI is InChI=1S/C13H20N6S/c1-8-6-11(19(5)18-8)20-10-7-9(17-14)15-12(16-10)13(2,3)4/h6-7H,14H2,1-5H3,(H,15,16,17). The number of hydrazine groups is 1. The quantitative estimate of drug-likeness (QED) is 0.513. The van der Waals surface area contributed by atoms with E-state index in [2.05, 4.69) is 41.3 Å². The summed E-state index contributed by atoms with van der Waals surface area (Å²) in [6, 6.07) is 3.86. The molecule has 0 radical (unpaired) electrons. The number of nitrogen functional groups attached to an aromatic ring is 1. The minimum absolute atomic E-state index is 0.134. The van der Waals surface area contributed by atoms with Crippen LogP contribution in [0.25, 0.3) is 0 Å². The van der Waals surface area contributed by atoms with Gasteiger partial charge in [0.2, 0.25) is 0 Å². The Labute approximate surface area is 123 Å². The van der Waals surface area contributed by atoms with Crippen molar-refractivity contribution in [1.82, 2.24) is 19.7 Å². The van der Waals surface area contributed by atoms with Crippen LogP contribution in [0.5, 0.6) is 0 Å². The van der Waals surface area contributed by atoms with Gasteiger partial charge in [-0.3, -0.25) is 4.68 Å². The van der Waals surface area contributed by atoms with Crippen molar-refractivity contribution in [1.29, 1.82) is 0 Å². The van der Waals surface area contributed by atoms with Crippen LogP contribution in [0.2, 0.25) is 0 Å². The van der Waals surface area contributed by atoms with Crippen molar-refractivity contribution < 1.29 is 0 Å². The highest BCUT2D eigenvalue weighted by Gasteiger charge is 2.19. The maximum absolute atomic E-state index is 5.49. The molecule has 0 aromatic carbocycles. The second-order valence-electron chi connectivity index (χ2n) is 5.66. The molecule has 2 heterocycles. The fraction of sp³-hybridized carbons (Fsp3) is 0.462. The summed E-state index contributed by atoms with van der Waals surface area (Å²) in [4.78, 5) is 9.02. The van der Waals surface area contributed by atoms with Gasteiger partial charge >= 0.3 is 0 Å². The molecule has 0 spiro atoms. The van der Waals surface area contributed by atoms with Gasteiger partial charge in [0.1, 0.15) is 21.7 Å². The van der Waals surface area contributed by atoms with Crippen molar-refractivity contribution in [3.8, 4) is 0 Å². The highest BCUT2D eigenvalue weighted by atomic mass is 32.2. The lowest BCUT2D eigenvalue weighted by Gasteiger charge is -2.18. The lowest BCUT2D eigenvalue weighted by Crippen LogP contribution is -2.19. The summed E-state index contributed by atoms with van der Waals surface area (Å²) in [5, 5.41) is 6.21. The maximum Gasteiger partial charge on any atom is 0.144 e. The zero-order chi connectivity index (χ0) is 14.9. The Kier molecular flexibility index (Phi) is 4.01. The zero-order valence-corrected chi connectivity index (χ0v) is 13.2. The highest BCUT2D eigenvalue weighted by Crippen LogP contribution is 2.29. The first-order valence-electron chi connectivity index (χ1n) is 6.34. The van der Waals surface area contributed by atoms with Crippen molar-refractivity contribution in [3.05, 3.63) is 23.7 Å². The van der Waals surface area contributed by atoms with Gasteiger partial charge in [0.25, 0.3) is 0 Å². The minimum Gasteiger partial charge on any atom is -0.308 e. The first-order chi connectivity index (χ1) is 9.29. The second-order valence-corrected chi connectivity index (χ2v) is 6.70. The lowest BCUT2D eigenvalue weighted by molar-refractivity contribution is 0.539. The van der Waals surface area contributed by atoms with E-state index in [9.17, 15) is 0 Å². The van der Waals surface area contributed by atoms with Crippen molar-refractivity contribution in [2.24, 2.45) is 12.9 Å². The summed E-state index contributed by atoms with van der Waals surface area (Å²) in [5.74, 6) is 6.87. The number of nitrogens with one attached hydrogen (secondary N) is 1. The molecule has 7 heteroatoms. The number of hydrogen-bond donors (Lipinski definition) is 2. The van der Waals surface area contributed by atoms with Crippen LogP contribution in [-0.2, 0) is 12.5 Å². The van der Waals surface area contributed by atoms with Crippen LogP contribution < -0.4 is 11.3 Å². The first kappa shape index (κ1) is 14.8. The van der Waals surface area contributed by atoms with E-state index < -0.39 is 0 Å². The Morgan fingerprint density at radius 2 is 1.95 bits per heavy atom. The van der Waals surface area contributed by atoms with Crippen LogP contribution in [-0.4, -0.2) is 19.7 Å². The summed E-state index contributed by atoms with van der Waals surface area (Å²) in [7, 11) is 1.92. The summed E-state index contributed by atoms with van der Waals surface area (Å²) in [5.41, 5.74) is 3.45. The molecule has 3 N–H and O–H groups in total. The molecule has 0 aliphatic rings. The monoisotopic (exact) mass is 292 g/mol. The second kappa shape index (κ2) is 5.41. The van der Waals surface area contributed by atoms with Crippen molar-refractivity contribution in [2.45, 2.75) is 43.2 Å². The van der Waals surface area contributed by atoms with Gasteiger partial charge in [0, 0.05) is 18.5 Å². The van der Waals surface area contributed by atoms with E-state index in [-0.39, 0.29) is 5.41 Å². The lowest BCUT2D eigenvalue weighted by atomic mass is 9.96. The average molecular weight is 292 g/mol. The van der Waals surface area contributed by atoms with Crippen LogP contribution in [0.3, 0.4) is 0 Å². The number of rotatable bonds is 3. The largest absolute Gasteiger partial charge is 0.308 e. The van der Waals surface area contributed by atoms with Crippen molar-refractivity contribution in [3.63, 3.8) is 0 Å². The topological polar surface area (TPSA) is 81.6 Å². The fourth-order valence-corrected chi connectivity index (χ4v) is 2.60. The number of aryl methyl sites for hydroxylation is 2. The van der Waals surface area contributed by atoms with Gasteiger partial charge in [-0.25, -0.2) is 15.8 Å². The molecule has 0 saturated heterocycles. The predicted molar refractivity (Wildman–Crippen MR) is 80.6 cm³/mol. The molecule has 0 unspecified atom stereocenters. The molecule has 2 rings (SSSR count). The number of nitrogens with zero attached hydrogens (tertiary/aromatic N) is 4. The summed E-state index contributed by atoms with van der Waals surface area (Å²) < 4.78 is 1.84. The fourth-order valence-electron chi connectivity index (χ4n) is 1.68. The molecular weight excluding hydrogens is 272 g/mol. The van der Waals surface area contributed by atoms with Crippen LogP contribution >= 0.6 is 11.8 Å². The SMILES string of the molecule is Cc1cc(Sc2cc(NN)nc(C(C)(C)C)n2)n(C)n1. The van der Waals surface area contributed by atoms with E-state index in [1.807, 2.05) is 30.8 Å². The number of aromatic nitrogens is 4. The van der Waals surface area contributed by atoms with Crippen LogP contribution in [0.15, 0.2) is 22.2 Å². The Balaban J connectivity index is 2.38. The summed E-state index contributed by atoms with van der Waals surface area (Å²) in [6.07, 6.45) is 0.